The minimum absolute atomic E-state index is 0.0749. The van der Waals surface area contributed by atoms with Crippen molar-refractivity contribution in [3.8, 4) is 11.5 Å². The molecule has 3 N–H and O–H groups in total. The van der Waals surface area contributed by atoms with E-state index in [1.165, 1.54) is 12.0 Å². The molecule has 2 aliphatic heterocycles. The minimum Gasteiger partial charge on any atom is -0.494 e. The second kappa shape index (κ2) is 17.4. The van der Waals surface area contributed by atoms with Crippen LogP contribution in [0.5, 0.6) is 11.5 Å². The summed E-state index contributed by atoms with van der Waals surface area (Å²) in [7, 11) is 7.32. The van der Waals surface area contributed by atoms with Crippen molar-refractivity contribution in [2.24, 2.45) is 0 Å². The molecule has 2 saturated heterocycles. The Hall–Kier alpha value is -4.98. The number of rotatable bonds is 14. The summed E-state index contributed by atoms with van der Waals surface area (Å²) < 4.78 is 11.9. The van der Waals surface area contributed by atoms with Crippen LogP contribution in [0.2, 0.25) is 0 Å². The van der Waals surface area contributed by atoms with Crippen LogP contribution in [-0.4, -0.2) is 134 Å². The van der Waals surface area contributed by atoms with E-state index in [0.717, 1.165) is 88.5 Å². The molecule has 2 amide bonds. The minimum atomic E-state index is -0.371. The lowest BCUT2D eigenvalue weighted by Crippen LogP contribution is -2.47. The molecule has 0 bridgehead atoms. The zero-order chi connectivity index (χ0) is 38.4. The highest BCUT2D eigenvalue weighted by molar-refractivity contribution is 6.19. The van der Waals surface area contributed by atoms with Crippen molar-refractivity contribution >= 4 is 40.0 Å². The number of anilines is 2. The Morgan fingerprint density at radius 2 is 1.57 bits per heavy atom. The Bertz CT molecular complexity index is 1960. The van der Waals surface area contributed by atoms with Crippen molar-refractivity contribution in [3.05, 3.63) is 76.6 Å². The van der Waals surface area contributed by atoms with E-state index in [1.54, 1.807) is 25.2 Å². The number of hydrogen-bond acceptors (Lipinski definition) is 10. The van der Waals surface area contributed by atoms with Gasteiger partial charge in [0.25, 0.3) is 5.91 Å². The molecule has 3 aromatic carbocycles. The number of hydrogen-bond donors (Lipinski definition) is 2. The van der Waals surface area contributed by atoms with E-state index in [0.29, 0.717) is 42.1 Å². The third kappa shape index (κ3) is 8.86. The van der Waals surface area contributed by atoms with Crippen LogP contribution in [0.25, 0.3) is 11.0 Å². The average Bonchev–Trinajstić information content (AvgIpc) is 3.59. The van der Waals surface area contributed by atoms with Crippen LogP contribution in [0, 0.1) is 6.92 Å². The number of nitrogen functional groups attached to an aromatic ring is 1. The Morgan fingerprint density at radius 1 is 0.870 bits per heavy atom. The lowest BCUT2D eigenvalue weighted by molar-refractivity contribution is -0.132. The number of para-hydroxylation sites is 1. The lowest BCUT2D eigenvalue weighted by Gasteiger charge is -2.32. The number of aryl methyl sites for hydroxylation is 1. The van der Waals surface area contributed by atoms with E-state index in [9.17, 15) is 14.4 Å². The maximum atomic E-state index is 14.1. The van der Waals surface area contributed by atoms with E-state index >= 15 is 0 Å². The monoisotopic (exact) mass is 738 g/mol. The van der Waals surface area contributed by atoms with Crippen molar-refractivity contribution in [2.75, 3.05) is 97.9 Å². The first kappa shape index (κ1) is 38.7. The molecule has 13 heteroatoms. The fourth-order valence-corrected chi connectivity index (χ4v) is 7.14. The van der Waals surface area contributed by atoms with Gasteiger partial charge in [-0.05, 0) is 82.2 Å². The van der Waals surface area contributed by atoms with Crippen LogP contribution < -0.4 is 20.1 Å². The van der Waals surface area contributed by atoms with Gasteiger partial charge in [-0.3, -0.25) is 19.3 Å². The number of aromatic amines is 1. The van der Waals surface area contributed by atoms with Gasteiger partial charge in [0.15, 0.2) is 11.5 Å². The number of imidazole rings is 1. The molecule has 0 saturated carbocycles. The third-order valence-electron chi connectivity index (χ3n) is 10.6. The molecule has 0 spiro atoms. The van der Waals surface area contributed by atoms with Gasteiger partial charge < -0.3 is 39.8 Å². The Morgan fingerprint density at radius 3 is 2.30 bits per heavy atom. The number of likely N-dealkylation sites (N-methyl/N-ethyl adjacent to an activating group) is 2. The zero-order valence-corrected chi connectivity index (χ0v) is 32.3. The number of unbranched alkanes of at least 4 members (excludes halogenated alkanes) is 2. The molecule has 2 aliphatic rings. The van der Waals surface area contributed by atoms with E-state index in [2.05, 4.69) is 33.8 Å². The van der Waals surface area contributed by atoms with Gasteiger partial charge in [-0.15, -0.1) is 0 Å². The Balaban J connectivity index is 1.12. The van der Waals surface area contributed by atoms with Gasteiger partial charge in [0.1, 0.15) is 11.6 Å². The summed E-state index contributed by atoms with van der Waals surface area (Å²) in [6.07, 6.45) is 3.00. The molecule has 3 heterocycles. The Kier molecular flexibility index (Phi) is 12.5. The number of benzene rings is 3. The topological polar surface area (TPSA) is 141 Å². The molecule has 0 radical (unpaired) electrons. The first-order chi connectivity index (χ1) is 26.0. The fraction of sp³-hybridized carbons (Fsp3) is 0.463. The average molecular weight is 739 g/mol. The molecule has 0 aliphatic carbocycles. The number of piperazine rings is 2. The standard InChI is InChI=1S/C41H54N8O5/c1-28-13-16-33(34(26-28)54-25-8-6-7-12-36(50)49-23-19-46(3)20-24-49)47(4)41(52)29-14-15-31(40(53-5)37(29)42)39(51)30-10-9-11-32-38(30)44-35(43-32)27-48-21-17-45(2)18-22-48/h9-11,13-16,26H,6-8,12,17-25,27,42H2,1-5H3,(H,43,44). The summed E-state index contributed by atoms with van der Waals surface area (Å²) in [5.74, 6) is 1.07. The fourth-order valence-electron chi connectivity index (χ4n) is 7.14. The summed E-state index contributed by atoms with van der Waals surface area (Å²) in [6, 6.07) is 14.3. The Labute approximate surface area is 318 Å². The molecular formula is C41H54N8O5. The van der Waals surface area contributed by atoms with Crippen LogP contribution in [0.3, 0.4) is 0 Å². The predicted molar refractivity (Wildman–Crippen MR) is 212 cm³/mol. The van der Waals surface area contributed by atoms with Crippen LogP contribution in [-0.2, 0) is 11.3 Å². The molecule has 0 unspecified atom stereocenters. The highest BCUT2D eigenvalue weighted by atomic mass is 16.5. The van der Waals surface area contributed by atoms with Crippen molar-refractivity contribution in [2.45, 2.75) is 39.2 Å². The number of nitrogens with zero attached hydrogens (tertiary/aromatic N) is 6. The van der Waals surface area contributed by atoms with E-state index in [-0.39, 0.29) is 40.2 Å². The van der Waals surface area contributed by atoms with Gasteiger partial charge in [-0.1, -0.05) is 12.1 Å². The number of nitrogens with one attached hydrogen (secondary N) is 1. The summed E-state index contributed by atoms with van der Waals surface area (Å²) in [6.45, 7) is 10.4. The van der Waals surface area contributed by atoms with Gasteiger partial charge in [0, 0.05) is 65.8 Å². The zero-order valence-electron chi connectivity index (χ0n) is 32.3. The van der Waals surface area contributed by atoms with Crippen LogP contribution >= 0.6 is 0 Å². The maximum absolute atomic E-state index is 14.1. The first-order valence-corrected chi connectivity index (χ1v) is 18.9. The van der Waals surface area contributed by atoms with Gasteiger partial charge in [-0.25, -0.2) is 4.98 Å². The second-order valence-electron chi connectivity index (χ2n) is 14.6. The van der Waals surface area contributed by atoms with Gasteiger partial charge in [0.05, 0.1) is 59.4 Å². The lowest BCUT2D eigenvalue weighted by atomic mass is 9.98. The van der Waals surface area contributed by atoms with E-state index < -0.39 is 0 Å². The molecular weight excluding hydrogens is 685 g/mol. The molecule has 288 valence electrons. The van der Waals surface area contributed by atoms with Crippen molar-refractivity contribution in [3.63, 3.8) is 0 Å². The van der Waals surface area contributed by atoms with Crippen molar-refractivity contribution in [1.29, 1.82) is 0 Å². The highest BCUT2D eigenvalue weighted by Crippen LogP contribution is 2.36. The molecule has 54 heavy (non-hydrogen) atoms. The number of ketones is 1. The molecule has 6 rings (SSSR count). The quantitative estimate of drug-likeness (QED) is 0.109. The van der Waals surface area contributed by atoms with Gasteiger partial charge in [-0.2, -0.15) is 0 Å². The number of amides is 2. The largest absolute Gasteiger partial charge is 0.494 e. The highest BCUT2D eigenvalue weighted by Gasteiger charge is 2.27. The van der Waals surface area contributed by atoms with Crippen molar-refractivity contribution < 1.29 is 23.9 Å². The number of aromatic nitrogens is 2. The van der Waals surface area contributed by atoms with Gasteiger partial charge in [0.2, 0.25) is 5.91 Å². The first-order valence-electron chi connectivity index (χ1n) is 18.9. The number of carbonyl (C=O) groups is 3. The second-order valence-corrected chi connectivity index (χ2v) is 14.6. The predicted octanol–water partition coefficient (Wildman–Crippen LogP) is 4.43. The summed E-state index contributed by atoms with van der Waals surface area (Å²) in [5.41, 5.74) is 10.5. The molecule has 13 nitrogen and oxygen atoms in total. The third-order valence-corrected chi connectivity index (χ3v) is 10.6. The van der Waals surface area contributed by atoms with Crippen molar-refractivity contribution in [1.82, 2.24) is 29.6 Å². The number of fused-ring (bicyclic) bond motifs is 1. The van der Waals surface area contributed by atoms with Crippen LogP contribution in [0.1, 0.15) is 63.4 Å². The molecule has 0 atom stereocenters. The molecule has 1 aromatic heterocycles. The molecule has 2 fully saturated rings. The SMILES string of the molecule is COc1c(C(=O)c2cccc3[nH]c(CN4CCN(C)CC4)nc23)ccc(C(=O)N(C)c2ccc(C)cc2OCCCCCC(=O)N2CCN(C)CC2)c1N. The van der Waals surface area contributed by atoms with E-state index in [1.807, 2.05) is 42.2 Å². The van der Waals surface area contributed by atoms with E-state index in [4.69, 9.17) is 20.2 Å². The summed E-state index contributed by atoms with van der Waals surface area (Å²) in [5, 5.41) is 0. The molecule has 4 aromatic rings. The maximum Gasteiger partial charge on any atom is 0.260 e. The summed E-state index contributed by atoms with van der Waals surface area (Å²) >= 11 is 0. The van der Waals surface area contributed by atoms with Gasteiger partial charge >= 0.3 is 0 Å². The van der Waals surface area contributed by atoms with Crippen LogP contribution in [0.4, 0.5) is 11.4 Å². The number of H-pyrrole nitrogens is 1. The smallest absolute Gasteiger partial charge is 0.260 e. The number of methoxy groups -OCH3 is 1. The number of ether oxygens (including phenoxy) is 2. The normalized spacial score (nSPS) is 15.8. The number of carbonyl (C=O) groups excluding carboxylic acids is 3. The summed E-state index contributed by atoms with van der Waals surface area (Å²) in [4.78, 5) is 59.3. The van der Waals surface area contributed by atoms with Crippen LogP contribution in [0.15, 0.2) is 48.5 Å². The number of nitrogens with two attached hydrogens (primary N) is 1.